The quantitative estimate of drug-likeness (QED) is 0.621. The average Bonchev–Trinajstić information content (AvgIpc) is 2.87. The summed E-state index contributed by atoms with van der Waals surface area (Å²) in [5.41, 5.74) is 3.03. The number of imidazole rings is 1. The molecule has 0 fully saturated rings. The molecule has 0 spiro atoms. The van der Waals surface area contributed by atoms with Gasteiger partial charge in [-0.2, -0.15) is 0 Å². The molecule has 0 atom stereocenters. The fourth-order valence-electron chi connectivity index (χ4n) is 2.91. The van der Waals surface area contributed by atoms with Gasteiger partial charge in [-0.05, 0) is 42.7 Å². The number of thioether (sulfide) groups is 1. The van der Waals surface area contributed by atoms with Crippen LogP contribution in [0.3, 0.4) is 0 Å². The minimum atomic E-state index is -0.0142. The number of nitrogens with zero attached hydrogens (tertiary/aromatic N) is 2. The molecule has 26 heavy (non-hydrogen) atoms. The largest absolute Gasteiger partial charge is 0.325 e. The van der Waals surface area contributed by atoms with Crippen molar-refractivity contribution in [3.8, 4) is 0 Å². The number of amides is 1. The van der Waals surface area contributed by atoms with Crippen LogP contribution in [0.5, 0.6) is 0 Å². The van der Waals surface area contributed by atoms with Crippen molar-refractivity contribution >= 4 is 34.1 Å². The Balaban J connectivity index is 1.66. The molecule has 2 aromatic carbocycles. The Kier molecular flexibility index (Phi) is 5.67. The molecule has 3 aromatic rings. The summed E-state index contributed by atoms with van der Waals surface area (Å²) >= 11 is 1.49. The molecule has 1 amide bonds. The Labute approximate surface area is 159 Å². The lowest BCUT2D eigenvalue weighted by molar-refractivity contribution is -0.113. The van der Waals surface area contributed by atoms with E-state index in [1.54, 1.807) is 0 Å². The summed E-state index contributed by atoms with van der Waals surface area (Å²) in [6.07, 6.45) is 0. The fraction of sp³-hybridized carbons (Fsp3) is 0.333. The molecule has 136 valence electrons. The van der Waals surface area contributed by atoms with Crippen LogP contribution < -0.4 is 5.32 Å². The zero-order valence-electron chi connectivity index (χ0n) is 15.7. The van der Waals surface area contributed by atoms with E-state index in [4.69, 9.17) is 0 Å². The summed E-state index contributed by atoms with van der Waals surface area (Å²) in [4.78, 5) is 17.0. The summed E-state index contributed by atoms with van der Waals surface area (Å²) in [7, 11) is 0. The third-order valence-corrected chi connectivity index (χ3v) is 5.31. The van der Waals surface area contributed by atoms with Crippen molar-refractivity contribution in [3.63, 3.8) is 0 Å². The number of rotatable bonds is 6. The van der Waals surface area contributed by atoms with Gasteiger partial charge in [-0.25, -0.2) is 4.98 Å². The molecule has 0 aliphatic rings. The van der Waals surface area contributed by atoms with Crippen molar-refractivity contribution in [2.45, 2.75) is 39.4 Å². The number of aryl methyl sites for hydroxylation is 1. The summed E-state index contributed by atoms with van der Waals surface area (Å²) in [6, 6.07) is 14.1. The SMILES string of the molecule is Cc1nc(SCC(=O)Nc2ccc3ccccc3c2)n(CC(C)C)c1C. The van der Waals surface area contributed by atoms with E-state index in [1.807, 2.05) is 43.3 Å². The lowest BCUT2D eigenvalue weighted by Crippen LogP contribution is -2.15. The Hall–Kier alpha value is -2.27. The summed E-state index contributed by atoms with van der Waals surface area (Å²) in [5.74, 6) is 0.869. The predicted molar refractivity (Wildman–Crippen MR) is 110 cm³/mol. The molecule has 5 heteroatoms. The molecule has 0 unspecified atom stereocenters. The van der Waals surface area contributed by atoms with Crippen LogP contribution in [-0.2, 0) is 11.3 Å². The first kappa shape index (κ1) is 18.5. The molecule has 1 heterocycles. The Morgan fingerprint density at radius 3 is 2.62 bits per heavy atom. The van der Waals surface area contributed by atoms with Gasteiger partial charge in [0.15, 0.2) is 5.16 Å². The van der Waals surface area contributed by atoms with E-state index in [0.29, 0.717) is 11.7 Å². The van der Waals surface area contributed by atoms with Crippen molar-refractivity contribution in [2.75, 3.05) is 11.1 Å². The van der Waals surface area contributed by atoms with Gasteiger partial charge in [-0.1, -0.05) is 55.9 Å². The highest BCUT2D eigenvalue weighted by Crippen LogP contribution is 2.23. The minimum absolute atomic E-state index is 0.0142. The first-order valence-corrected chi connectivity index (χ1v) is 9.88. The number of carbonyl (C=O) groups is 1. The highest BCUT2D eigenvalue weighted by atomic mass is 32.2. The summed E-state index contributed by atoms with van der Waals surface area (Å²) in [6.45, 7) is 9.40. The molecular formula is C21H25N3OS. The molecule has 0 aliphatic carbocycles. The van der Waals surface area contributed by atoms with Crippen molar-refractivity contribution in [2.24, 2.45) is 5.92 Å². The molecule has 4 nitrogen and oxygen atoms in total. The molecule has 0 aliphatic heterocycles. The van der Waals surface area contributed by atoms with Gasteiger partial charge in [0.2, 0.25) is 5.91 Å². The second-order valence-electron chi connectivity index (χ2n) is 6.97. The first-order valence-electron chi connectivity index (χ1n) is 8.89. The molecule has 0 bridgehead atoms. The van der Waals surface area contributed by atoms with E-state index in [1.165, 1.54) is 22.8 Å². The van der Waals surface area contributed by atoms with Crippen molar-refractivity contribution in [1.29, 1.82) is 0 Å². The smallest absolute Gasteiger partial charge is 0.234 e. The van der Waals surface area contributed by atoms with E-state index >= 15 is 0 Å². The molecule has 0 saturated carbocycles. The van der Waals surface area contributed by atoms with E-state index in [2.05, 4.69) is 41.7 Å². The van der Waals surface area contributed by atoms with Crippen LogP contribution in [0.15, 0.2) is 47.6 Å². The van der Waals surface area contributed by atoms with Crippen molar-refractivity contribution in [1.82, 2.24) is 9.55 Å². The Morgan fingerprint density at radius 2 is 1.88 bits per heavy atom. The molecular weight excluding hydrogens is 342 g/mol. The van der Waals surface area contributed by atoms with Crippen LogP contribution in [0.4, 0.5) is 5.69 Å². The molecule has 0 radical (unpaired) electrons. The third kappa shape index (κ3) is 4.28. The predicted octanol–water partition coefficient (Wildman–Crippen LogP) is 5.04. The van der Waals surface area contributed by atoms with Gasteiger partial charge in [0.25, 0.3) is 0 Å². The van der Waals surface area contributed by atoms with Crippen LogP contribution in [0.1, 0.15) is 25.2 Å². The topological polar surface area (TPSA) is 46.9 Å². The highest BCUT2D eigenvalue weighted by molar-refractivity contribution is 7.99. The molecule has 1 N–H and O–H groups in total. The highest BCUT2D eigenvalue weighted by Gasteiger charge is 2.14. The number of fused-ring (bicyclic) bond motifs is 1. The van der Waals surface area contributed by atoms with Gasteiger partial charge >= 0.3 is 0 Å². The van der Waals surface area contributed by atoms with Crippen LogP contribution in [-0.4, -0.2) is 21.2 Å². The number of anilines is 1. The van der Waals surface area contributed by atoms with Crippen molar-refractivity contribution < 1.29 is 4.79 Å². The third-order valence-electron chi connectivity index (χ3n) is 4.34. The normalized spacial score (nSPS) is 11.3. The van der Waals surface area contributed by atoms with Gasteiger partial charge in [-0.15, -0.1) is 0 Å². The maximum Gasteiger partial charge on any atom is 0.234 e. The fourth-order valence-corrected chi connectivity index (χ4v) is 3.81. The summed E-state index contributed by atoms with van der Waals surface area (Å²) < 4.78 is 2.22. The van der Waals surface area contributed by atoms with Crippen LogP contribution in [0.25, 0.3) is 10.8 Å². The Bertz CT molecular complexity index is 930. The van der Waals surface area contributed by atoms with Gasteiger partial charge in [0.05, 0.1) is 11.4 Å². The van der Waals surface area contributed by atoms with Gasteiger partial charge in [0, 0.05) is 17.9 Å². The number of hydrogen-bond acceptors (Lipinski definition) is 3. The van der Waals surface area contributed by atoms with E-state index in [9.17, 15) is 4.79 Å². The maximum atomic E-state index is 12.4. The number of hydrogen-bond donors (Lipinski definition) is 1. The summed E-state index contributed by atoms with van der Waals surface area (Å²) in [5, 5.41) is 6.20. The van der Waals surface area contributed by atoms with Crippen LogP contribution in [0.2, 0.25) is 0 Å². The molecule has 0 saturated heterocycles. The van der Waals surface area contributed by atoms with Gasteiger partial charge in [-0.3, -0.25) is 4.79 Å². The molecule has 1 aromatic heterocycles. The average molecular weight is 368 g/mol. The Morgan fingerprint density at radius 1 is 1.15 bits per heavy atom. The minimum Gasteiger partial charge on any atom is -0.325 e. The van der Waals surface area contributed by atoms with E-state index in [0.717, 1.165) is 28.5 Å². The molecule has 3 rings (SSSR count). The monoisotopic (exact) mass is 367 g/mol. The van der Waals surface area contributed by atoms with Crippen LogP contribution >= 0.6 is 11.8 Å². The lowest BCUT2D eigenvalue weighted by Gasteiger charge is -2.12. The van der Waals surface area contributed by atoms with Gasteiger partial charge in [0.1, 0.15) is 0 Å². The zero-order valence-corrected chi connectivity index (χ0v) is 16.6. The second kappa shape index (κ2) is 7.96. The lowest BCUT2D eigenvalue weighted by atomic mass is 10.1. The standard InChI is InChI=1S/C21H25N3OS/c1-14(2)12-24-16(4)15(3)22-21(24)26-13-20(25)23-19-10-9-17-7-5-6-8-18(17)11-19/h5-11,14H,12-13H2,1-4H3,(H,23,25). The van der Waals surface area contributed by atoms with Gasteiger partial charge < -0.3 is 9.88 Å². The second-order valence-corrected chi connectivity index (χ2v) is 7.91. The number of benzene rings is 2. The maximum absolute atomic E-state index is 12.4. The first-order chi connectivity index (χ1) is 12.4. The number of nitrogens with one attached hydrogen (secondary N) is 1. The zero-order chi connectivity index (χ0) is 18.7. The number of carbonyl (C=O) groups excluding carboxylic acids is 1. The van der Waals surface area contributed by atoms with E-state index in [-0.39, 0.29) is 5.91 Å². The van der Waals surface area contributed by atoms with E-state index < -0.39 is 0 Å². The number of aromatic nitrogens is 2. The van der Waals surface area contributed by atoms with Crippen LogP contribution in [0, 0.1) is 19.8 Å². The van der Waals surface area contributed by atoms with Crippen molar-refractivity contribution in [3.05, 3.63) is 53.9 Å².